The van der Waals surface area contributed by atoms with Gasteiger partial charge in [-0.1, -0.05) is 26.2 Å². The lowest BCUT2D eigenvalue weighted by Crippen LogP contribution is -2.22. The molecule has 0 fully saturated rings. The highest BCUT2D eigenvalue weighted by Gasteiger charge is 2.20. The van der Waals surface area contributed by atoms with Crippen molar-refractivity contribution in [2.75, 3.05) is 12.4 Å². The van der Waals surface area contributed by atoms with Gasteiger partial charge in [0, 0.05) is 23.7 Å². The van der Waals surface area contributed by atoms with Crippen molar-refractivity contribution in [3.05, 3.63) is 29.1 Å². The van der Waals surface area contributed by atoms with E-state index in [2.05, 4.69) is 17.6 Å². The number of carbonyl (C=O) groups excluding carboxylic acids is 1. The molecule has 1 unspecified atom stereocenters. The third-order valence-electron chi connectivity index (χ3n) is 3.94. The van der Waals surface area contributed by atoms with Gasteiger partial charge in [-0.2, -0.15) is 0 Å². The molecule has 1 amide bonds. The van der Waals surface area contributed by atoms with Gasteiger partial charge in [0.25, 0.3) is 0 Å². The fraction of sp³-hybridized carbons (Fsp3) is 0.562. The summed E-state index contributed by atoms with van der Waals surface area (Å²) in [5.74, 6) is -0.264. The fourth-order valence-electron chi connectivity index (χ4n) is 2.74. The van der Waals surface area contributed by atoms with E-state index in [1.54, 1.807) is 0 Å². The minimum atomic E-state index is -0.234. The molecule has 0 radical (unpaired) electrons. The molecular formula is C16H23FN2O. The van der Waals surface area contributed by atoms with Crippen LogP contribution in [0.4, 0.5) is 10.1 Å². The van der Waals surface area contributed by atoms with Crippen LogP contribution in [0.3, 0.4) is 0 Å². The highest BCUT2D eigenvalue weighted by Crippen LogP contribution is 2.30. The maximum Gasteiger partial charge on any atom is 0.224 e. The summed E-state index contributed by atoms with van der Waals surface area (Å²) in [6.45, 7) is 2.16. The molecule has 1 aliphatic heterocycles. The number of anilines is 1. The van der Waals surface area contributed by atoms with E-state index in [-0.39, 0.29) is 17.8 Å². The number of amides is 1. The second kappa shape index (κ2) is 6.84. The number of unbranched alkanes of at least 4 members (excludes halogenated alkanes) is 2. The predicted octanol–water partition coefficient (Wildman–Crippen LogP) is 3.55. The molecule has 1 heterocycles. The summed E-state index contributed by atoms with van der Waals surface area (Å²) in [5.41, 5.74) is 2.39. The maximum atomic E-state index is 14.3. The fourth-order valence-corrected chi connectivity index (χ4v) is 2.74. The molecule has 0 aliphatic carbocycles. The molecule has 4 heteroatoms. The molecular weight excluding hydrogens is 255 g/mol. The van der Waals surface area contributed by atoms with Crippen LogP contribution in [0.15, 0.2) is 12.1 Å². The van der Waals surface area contributed by atoms with Crippen LogP contribution in [0.1, 0.15) is 56.2 Å². The molecule has 3 nitrogen and oxygen atoms in total. The molecule has 1 aromatic carbocycles. The third kappa shape index (κ3) is 3.37. The molecule has 1 aliphatic rings. The Morgan fingerprint density at radius 1 is 1.35 bits per heavy atom. The predicted molar refractivity (Wildman–Crippen MR) is 79.3 cm³/mol. The first-order valence-electron chi connectivity index (χ1n) is 7.45. The number of nitrogens with one attached hydrogen (secondary N) is 2. The molecule has 1 aromatic rings. The first-order valence-corrected chi connectivity index (χ1v) is 7.45. The largest absolute Gasteiger partial charge is 0.326 e. The summed E-state index contributed by atoms with van der Waals surface area (Å²) in [6, 6.07) is 3.42. The van der Waals surface area contributed by atoms with Gasteiger partial charge >= 0.3 is 0 Å². The zero-order valence-corrected chi connectivity index (χ0v) is 12.3. The number of hydrogen-bond donors (Lipinski definition) is 2. The van der Waals surface area contributed by atoms with Crippen molar-refractivity contribution in [2.24, 2.45) is 0 Å². The van der Waals surface area contributed by atoms with Gasteiger partial charge in [0.15, 0.2) is 0 Å². The molecule has 2 N–H and O–H groups in total. The van der Waals surface area contributed by atoms with Crippen molar-refractivity contribution in [3.8, 4) is 0 Å². The average Bonchev–Trinajstić information content (AvgIpc) is 2.43. The summed E-state index contributed by atoms with van der Waals surface area (Å²) in [4.78, 5) is 11.3. The highest BCUT2D eigenvalue weighted by atomic mass is 19.1. The van der Waals surface area contributed by atoms with Crippen molar-refractivity contribution >= 4 is 11.6 Å². The summed E-state index contributed by atoms with van der Waals surface area (Å²) in [5, 5.41) is 5.94. The number of benzene rings is 1. The van der Waals surface area contributed by atoms with Crippen LogP contribution in [0, 0.1) is 5.82 Å². The van der Waals surface area contributed by atoms with Crippen molar-refractivity contribution in [2.45, 2.75) is 51.5 Å². The molecule has 1 atom stereocenters. The standard InChI is InChI=1S/C16H23FN2O/c1-3-4-5-6-14(18-2)12-9-11-7-8-16(20)19-15(11)10-13(12)17/h9-10,14,18H,3-8H2,1-2H3,(H,19,20). The first-order chi connectivity index (χ1) is 9.65. The van der Waals surface area contributed by atoms with Gasteiger partial charge in [-0.25, -0.2) is 4.39 Å². The maximum absolute atomic E-state index is 14.3. The van der Waals surface area contributed by atoms with Gasteiger partial charge in [-0.15, -0.1) is 0 Å². The molecule has 0 aromatic heterocycles. The van der Waals surface area contributed by atoms with Crippen LogP contribution in [0.5, 0.6) is 0 Å². The van der Waals surface area contributed by atoms with Crippen molar-refractivity contribution < 1.29 is 9.18 Å². The first kappa shape index (κ1) is 15.0. The Morgan fingerprint density at radius 2 is 2.15 bits per heavy atom. The van der Waals surface area contributed by atoms with E-state index in [1.165, 1.54) is 12.5 Å². The van der Waals surface area contributed by atoms with Crippen LogP contribution >= 0.6 is 0 Å². The van der Waals surface area contributed by atoms with E-state index >= 15 is 0 Å². The Hall–Kier alpha value is -1.42. The number of hydrogen-bond acceptors (Lipinski definition) is 2. The quantitative estimate of drug-likeness (QED) is 0.781. The Kier molecular flexibility index (Phi) is 5.12. The zero-order chi connectivity index (χ0) is 14.5. The summed E-state index contributed by atoms with van der Waals surface area (Å²) < 4.78 is 14.3. The third-order valence-corrected chi connectivity index (χ3v) is 3.94. The van der Waals surface area contributed by atoms with Gasteiger partial charge in [-0.05, 0) is 37.6 Å². The lowest BCUT2D eigenvalue weighted by Gasteiger charge is -2.22. The van der Waals surface area contributed by atoms with Crippen molar-refractivity contribution in [1.82, 2.24) is 5.32 Å². The monoisotopic (exact) mass is 278 g/mol. The van der Waals surface area contributed by atoms with Gasteiger partial charge < -0.3 is 10.6 Å². The van der Waals surface area contributed by atoms with Crippen LogP contribution in [0.25, 0.3) is 0 Å². The Labute approximate surface area is 120 Å². The number of halogens is 1. The van der Waals surface area contributed by atoms with Crippen LogP contribution in [-0.2, 0) is 11.2 Å². The number of aryl methyl sites for hydroxylation is 1. The Balaban J connectivity index is 2.20. The Morgan fingerprint density at radius 3 is 2.85 bits per heavy atom. The molecule has 110 valence electrons. The number of fused-ring (bicyclic) bond motifs is 1. The van der Waals surface area contributed by atoms with E-state index in [9.17, 15) is 9.18 Å². The smallest absolute Gasteiger partial charge is 0.224 e. The summed E-state index contributed by atoms with van der Waals surface area (Å²) >= 11 is 0. The number of rotatable bonds is 6. The van der Waals surface area contributed by atoms with Crippen molar-refractivity contribution in [1.29, 1.82) is 0 Å². The van der Waals surface area contributed by atoms with Gasteiger partial charge in [0.05, 0.1) is 0 Å². The molecule has 0 bridgehead atoms. The average molecular weight is 278 g/mol. The number of carbonyl (C=O) groups is 1. The molecule has 0 spiro atoms. The minimum absolute atomic E-state index is 0.0298. The molecule has 0 saturated carbocycles. The van der Waals surface area contributed by atoms with Gasteiger partial charge in [0.2, 0.25) is 5.91 Å². The zero-order valence-electron chi connectivity index (χ0n) is 12.3. The van der Waals surface area contributed by atoms with Crippen molar-refractivity contribution in [3.63, 3.8) is 0 Å². The lowest BCUT2D eigenvalue weighted by molar-refractivity contribution is -0.116. The van der Waals surface area contributed by atoms with Gasteiger partial charge in [0.1, 0.15) is 5.82 Å². The molecule has 0 saturated heterocycles. The van der Waals surface area contributed by atoms with Crippen LogP contribution < -0.4 is 10.6 Å². The lowest BCUT2D eigenvalue weighted by atomic mass is 9.94. The van der Waals surface area contributed by atoms with E-state index in [0.29, 0.717) is 18.5 Å². The molecule has 2 rings (SSSR count). The second-order valence-electron chi connectivity index (χ2n) is 5.42. The Bertz CT molecular complexity index is 488. The van der Waals surface area contributed by atoms with E-state index in [0.717, 1.165) is 30.4 Å². The van der Waals surface area contributed by atoms with Crippen LogP contribution in [0.2, 0.25) is 0 Å². The second-order valence-corrected chi connectivity index (χ2v) is 5.42. The van der Waals surface area contributed by atoms with E-state index in [4.69, 9.17) is 0 Å². The summed E-state index contributed by atoms with van der Waals surface area (Å²) in [7, 11) is 1.87. The van der Waals surface area contributed by atoms with E-state index in [1.807, 2.05) is 13.1 Å². The van der Waals surface area contributed by atoms with Gasteiger partial charge in [-0.3, -0.25) is 4.79 Å². The molecule has 20 heavy (non-hydrogen) atoms. The highest BCUT2D eigenvalue weighted by molar-refractivity contribution is 5.93. The summed E-state index contributed by atoms with van der Waals surface area (Å²) in [6.07, 6.45) is 5.54. The van der Waals surface area contributed by atoms with E-state index < -0.39 is 0 Å². The topological polar surface area (TPSA) is 41.1 Å². The SMILES string of the molecule is CCCCCC(NC)c1cc2c(cc1F)NC(=O)CC2. The minimum Gasteiger partial charge on any atom is -0.326 e. The van der Waals surface area contributed by atoms with Crippen LogP contribution in [-0.4, -0.2) is 13.0 Å². The normalized spacial score (nSPS) is 15.7.